The van der Waals surface area contributed by atoms with Gasteiger partial charge in [-0.25, -0.2) is 0 Å². The van der Waals surface area contributed by atoms with Crippen molar-refractivity contribution in [3.63, 3.8) is 0 Å². The number of hydrogen-bond donors (Lipinski definition) is 0. The molecule has 16 aromatic rings. The summed E-state index contributed by atoms with van der Waals surface area (Å²) in [5.74, 6) is -0.0505. The van der Waals surface area contributed by atoms with Gasteiger partial charge in [0.15, 0.2) is 11.6 Å². The quantitative estimate of drug-likeness (QED) is 0.135. The van der Waals surface area contributed by atoms with E-state index in [0.717, 1.165) is 77.7 Å². The van der Waals surface area contributed by atoms with E-state index in [4.69, 9.17) is 0 Å². The van der Waals surface area contributed by atoms with Crippen LogP contribution in [0, 0.1) is 0 Å². The Morgan fingerprint density at radius 3 is 0.787 bits per heavy atom. The molecule has 0 bridgehead atoms. The molecule has 0 saturated heterocycles. The van der Waals surface area contributed by atoms with E-state index in [2.05, 4.69) is 212 Å². The van der Waals surface area contributed by atoms with Gasteiger partial charge in [-0.15, -0.1) is 0 Å². The predicted molar refractivity (Wildman–Crippen MR) is 329 cm³/mol. The van der Waals surface area contributed by atoms with Gasteiger partial charge in [0.25, 0.3) is 0 Å². The Hall–Kier alpha value is -10.8. The number of benzene rings is 12. The molecule has 0 fully saturated rings. The average molecular weight is 1020 g/mol. The molecule has 0 aliphatic heterocycles. The molecule has 0 aliphatic carbocycles. The van der Waals surface area contributed by atoms with Gasteiger partial charge in [0.2, 0.25) is 0 Å². The Balaban J connectivity index is 0.658. The van der Waals surface area contributed by atoms with E-state index < -0.39 is 0 Å². The van der Waals surface area contributed by atoms with Crippen LogP contribution in [0.3, 0.4) is 0 Å². The summed E-state index contributed by atoms with van der Waals surface area (Å²) in [5, 5.41) is 9.47. The van der Waals surface area contributed by atoms with Crippen molar-refractivity contribution >= 4 is 98.8 Å². The predicted octanol–water partition coefficient (Wildman–Crippen LogP) is 18.2. The molecule has 0 amide bonds. The molecule has 0 saturated carbocycles. The van der Waals surface area contributed by atoms with Crippen LogP contribution in [-0.2, 0) is 0 Å². The first kappa shape index (κ1) is 45.4. The third kappa shape index (κ3) is 6.99. The van der Waals surface area contributed by atoms with Crippen LogP contribution in [0.15, 0.2) is 279 Å². The maximum atomic E-state index is 14.1. The first-order valence-electron chi connectivity index (χ1n) is 27.1. The summed E-state index contributed by atoms with van der Waals surface area (Å²) in [6.45, 7) is 0. The molecular weight excluding hydrogens is 977 g/mol. The molecule has 12 aromatic carbocycles. The first-order valence-corrected chi connectivity index (χ1v) is 27.1. The summed E-state index contributed by atoms with van der Waals surface area (Å²) in [6.07, 6.45) is 0. The molecule has 16 rings (SSSR count). The van der Waals surface area contributed by atoms with Crippen LogP contribution in [0.4, 0.5) is 0 Å². The van der Waals surface area contributed by atoms with Crippen molar-refractivity contribution < 1.29 is 9.59 Å². The summed E-state index contributed by atoms with van der Waals surface area (Å²) >= 11 is 0. The molecule has 4 aromatic heterocycles. The normalized spacial score (nSPS) is 11.8. The Bertz CT molecular complexity index is 5080. The van der Waals surface area contributed by atoms with Crippen molar-refractivity contribution in [1.82, 2.24) is 18.3 Å². The fourth-order valence-corrected chi connectivity index (χ4v) is 12.6. The van der Waals surface area contributed by atoms with Crippen molar-refractivity contribution in [1.29, 1.82) is 0 Å². The Morgan fingerprint density at radius 2 is 0.438 bits per heavy atom. The Labute approximate surface area is 459 Å². The number of carbonyl (C=O) groups excluding carboxylic acids is 2. The molecule has 4 heterocycles. The van der Waals surface area contributed by atoms with Crippen LogP contribution in [0.2, 0.25) is 0 Å². The van der Waals surface area contributed by atoms with E-state index in [1.54, 1.807) is 0 Å². The molecule has 0 spiro atoms. The minimum Gasteiger partial charge on any atom is -0.309 e. The number of ketones is 2. The van der Waals surface area contributed by atoms with Crippen LogP contribution in [0.1, 0.15) is 31.8 Å². The van der Waals surface area contributed by atoms with E-state index >= 15 is 0 Å². The van der Waals surface area contributed by atoms with E-state index in [9.17, 15) is 9.59 Å². The minimum atomic E-state index is -0.0270. The van der Waals surface area contributed by atoms with Gasteiger partial charge >= 0.3 is 0 Å². The van der Waals surface area contributed by atoms with Gasteiger partial charge in [-0.1, -0.05) is 140 Å². The van der Waals surface area contributed by atoms with Gasteiger partial charge in [0, 0.05) is 88.1 Å². The second kappa shape index (κ2) is 17.9. The number of hydrogen-bond acceptors (Lipinski definition) is 2. The smallest absolute Gasteiger partial charge is 0.193 e. The van der Waals surface area contributed by atoms with Crippen LogP contribution < -0.4 is 0 Å². The number of fused-ring (bicyclic) bond motifs is 12. The van der Waals surface area contributed by atoms with Gasteiger partial charge < -0.3 is 18.3 Å². The molecule has 0 radical (unpaired) electrons. The van der Waals surface area contributed by atoms with Crippen LogP contribution in [-0.4, -0.2) is 29.8 Å². The van der Waals surface area contributed by atoms with Crippen molar-refractivity contribution in [2.75, 3.05) is 0 Å². The van der Waals surface area contributed by atoms with Gasteiger partial charge in [0.1, 0.15) is 0 Å². The number of carbonyl (C=O) groups is 2. The Kier molecular flexibility index (Phi) is 10.1. The lowest BCUT2D eigenvalue weighted by atomic mass is 9.98. The summed E-state index contributed by atoms with van der Waals surface area (Å²) in [7, 11) is 0. The number of nitrogens with zero attached hydrogens (tertiary/aromatic N) is 4. The van der Waals surface area contributed by atoms with Gasteiger partial charge in [-0.05, 0) is 151 Å². The minimum absolute atomic E-state index is 0.0234. The highest BCUT2D eigenvalue weighted by Crippen LogP contribution is 2.39. The molecule has 6 heteroatoms. The van der Waals surface area contributed by atoms with Crippen LogP contribution in [0.25, 0.3) is 121 Å². The fourth-order valence-electron chi connectivity index (χ4n) is 12.6. The standard InChI is InChI=1S/C74H46N4O2/c79-73(49-31-40-55(41-32-49)77-70-24-12-6-18-62(70)64-46-56(42-44-72(64)77)78-67-21-9-3-15-59(67)60-16-4-10-22-68(60)78)48-27-25-47(26-28-48)52-35-43-71-63(45-52)61-17-5-11-23-69(61)76(71)54-38-33-51(34-39-54)74(80)50-29-36-53(37-30-50)75-65-19-7-1-13-57(65)58-14-2-8-20-66(58)75/h1-46H. The molecule has 0 atom stereocenters. The highest BCUT2D eigenvalue weighted by molar-refractivity contribution is 6.15. The molecule has 0 aliphatic rings. The molecule has 374 valence electrons. The fraction of sp³-hybridized carbons (Fsp3) is 0. The van der Waals surface area contributed by atoms with Crippen molar-refractivity contribution in [3.8, 4) is 33.9 Å². The second-order valence-corrected chi connectivity index (χ2v) is 20.8. The average Bonchev–Trinajstić information content (AvgIpc) is 4.32. The summed E-state index contributed by atoms with van der Waals surface area (Å²) in [6, 6.07) is 96.3. The molecule has 0 N–H and O–H groups in total. The van der Waals surface area contributed by atoms with E-state index in [1.807, 2.05) is 84.9 Å². The highest BCUT2D eigenvalue weighted by Gasteiger charge is 2.20. The van der Waals surface area contributed by atoms with Crippen molar-refractivity contribution in [3.05, 3.63) is 301 Å². The zero-order valence-electron chi connectivity index (χ0n) is 43.2. The van der Waals surface area contributed by atoms with Gasteiger partial charge in [-0.3, -0.25) is 9.59 Å². The maximum absolute atomic E-state index is 14.1. The highest BCUT2D eigenvalue weighted by atomic mass is 16.1. The topological polar surface area (TPSA) is 53.9 Å². The molecule has 0 unspecified atom stereocenters. The van der Waals surface area contributed by atoms with E-state index in [1.165, 1.54) is 43.4 Å². The zero-order chi connectivity index (χ0) is 53.0. The lowest BCUT2D eigenvalue weighted by Gasteiger charge is -2.11. The molecule has 6 nitrogen and oxygen atoms in total. The Morgan fingerprint density at radius 1 is 0.200 bits per heavy atom. The summed E-state index contributed by atoms with van der Waals surface area (Å²) in [5.41, 5.74) is 17.7. The molecule has 80 heavy (non-hydrogen) atoms. The lowest BCUT2D eigenvalue weighted by Crippen LogP contribution is -2.03. The maximum Gasteiger partial charge on any atom is 0.193 e. The van der Waals surface area contributed by atoms with Crippen molar-refractivity contribution in [2.24, 2.45) is 0 Å². The SMILES string of the molecule is O=C(c1ccc(-n2c3ccccc3c3ccccc32)cc1)c1ccc(-n2c3ccccc3c3cc(-c4ccc(C(=O)c5ccc(-n6c7ccccc7c7cc(-n8c9ccccc9c9ccccc98)ccc76)cc5)cc4)ccc32)cc1. The zero-order valence-corrected chi connectivity index (χ0v) is 43.2. The van der Waals surface area contributed by atoms with Gasteiger partial charge in [0.05, 0.1) is 44.1 Å². The van der Waals surface area contributed by atoms with Crippen LogP contribution in [0.5, 0.6) is 0 Å². The summed E-state index contributed by atoms with van der Waals surface area (Å²) in [4.78, 5) is 28.1. The van der Waals surface area contributed by atoms with Crippen LogP contribution >= 0.6 is 0 Å². The van der Waals surface area contributed by atoms with Crippen molar-refractivity contribution in [2.45, 2.75) is 0 Å². The third-order valence-corrected chi connectivity index (χ3v) is 16.4. The lowest BCUT2D eigenvalue weighted by molar-refractivity contribution is 0.103. The number of aromatic nitrogens is 4. The second-order valence-electron chi connectivity index (χ2n) is 20.8. The van der Waals surface area contributed by atoms with E-state index in [-0.39, 0.29) is 11.6 Å². The number of rotatable bonds is 9. The van der Waals surface area contributed by atoms with Gasteiger partial charge in [-0.2, -0.15) is 0 Å². The largest absolute Gasteiger partial charge is 0.309 e. The molecular formula is C74H46N4O2. The van der Waals surface area contributed by atoms with E-state index in [0.29, 0.717) is 22.3 Å². The monoisotopic (exact) mass is 1020 g/mol. The number of para-hydroxylation sites is 6. The third-order valence-electron chi connectivity index (χ3n) is 16.4. The first-order chi connectivity index (χ1) is 39.5. The summed E-state index contributed by atoms with van der Waals surface area (Å²) < 4.78 is 9.19.